The van der Waals surface area contributed by atoms with Crippen LogP contribution >= 0.6 is 15.9 Å². The molecule has 4 rings (SSSR count). The number of hydrogen-bond donors (Lipinski definition) is 1. The van der Waals surface area contributed by atoms with Gasteiger partial charge in [0.15, 0.2) is 0 Å². The second-order valence-corrected chi connectivity index (χ2v) is 7.39. The number of nitrogens with zero attached hydrogens (tertiary/aromatic N) is 2. The maximum atomic E-state index is 6.20. The molecule has 1 heterocycles. The smallest absolute Gasteiger partial charge is 0.129 e. The lowest BCUT2D eigenvalue weighted by molar-refractivity contribution is 0.307. The van der Waals surface area contributed by atoms with Gasteiger partial charge in [0.1, 0.15) is 12.4 Å². The summed E-state index contributed by atoms with van der Waals surface area (Å²) in [4.78, 5) is 0. The van der Waals surface area contributed by atoms with Gasteiger partial charge in [0, 0.05) is 23.9 Å². The van der Waals surface area contributed by atoms with Gasteiger partial charge in [-0.3, -0.25) is 4.68 Å². The Kier molecular flexibility index (Phi) is 5.17. The summed E-state index contributed by atoms with van der Waals surface area (Å²) in [5, 5.41) is 4.36. The van der Waals surface area contributed by atoms with E-state index in [0.29, 0.717) is 6.61 Å². The van der Waals surface area contributed by atoms with Gasteiger partial charge in [-0.25, -0.2) is 0 Å². The number of halogens is 1. The molecule has 0 bridgehead atoms. The molecule has 5 heteroatoms. The van der Waals surface area contributed by atoms with Crippen molar-refractivity contribution in [2.45, 2.75) is 6.61 Å². The summed E-state index contributed by atoms with van der Waals surface area (Å²) >= 11 is 3.62. The van der Waals surface area contributed by atoms with Gasteiger partial charge >= 0.3 is 0 Å². The molecule has 0 radical (unpaired) electrons. The molecular weight excluding hydrogens is 414 g/mol. The molecule has 0 aliphatic carbocycles. The number of aryl methyl sites for hydroxylation is 1. The fourth-order valence-corrected chi connectivity index (χ4v) is 3.78. The molecule has 0 fully saturated rings. The molecule has 0 saturated carbocycles. The number of anilines is 1. The highest BCUT2D eigenvalue weighted by atomic mass is 79.9. The molecule has 0 spiro atoms. The van der Waals surface area contributed by atoms with E-state index in [2.05, 4.69) is 39.2 Å². The number of para-hydroxylation sites is 1. The largest absolute Gasteiger partial charge is 0.488 e. The molecule has 1 aromatic heterocycles. The molecule has 140 valence electrons. The van der Waals surface area contributed by atoms with Gasteiger partial charge in [-0.1, -0.05) is 54.6 Å². The van der Waals surface area contributed by atoms with Crippen molar-refractivity contribution in [3.05, 3.63) is 89.0 Å². The Morgan fingerprint density at radius 2 is 1.71 bits per heavy atom. The summed E-state index contributed by atoms with van der Waals surface area (Å²) < 4.78 is 8.94. The van der Waals surface area contributed by atoms with Crippen LogP contribution in [-0.2, 0) is 13.7 Å². The van der Waals surface area contributed by atoms with Crippen LogP contribution in [0, 0.1) is 0 Å². The van der Waals surface area contributed by atoms with E-state index in [1.54, 1.807) is 6.20 Å². The summed E-state index contributed by atoms with van der Waals surface area (Å²) in [6.07, 6.45) is 1.79. The molecule has 0 amide bonds. The SMILES string of the molecule is Cn1ncc(Br)c1-c1cc(-c2ccccc2N)ccc1OCc1ccccc1. The Hall–Kier alpha value is -3.05. The maximum absolute atomic E-state index is 6.20. The van der Waals surface area contributed by atoms with Gasteiger partial charge in [0.2, 0.25) is 0 Å². The van der Waals surface area contributed by atoms with Crippen LogP contribution in [0.25, 0.3) is 22.4 Å². The lowest BCUT2D eigenvalue weighted by Crippen LogP contribution is -2.00. The Morgan fingerprint density at radius 3 is 2.43 bits per heavy atom. The average Bonchev–Trinajstić information content (AvgIpc) is 3.05. The fraction of sp³-hybridized carbons (Fsp3) is 0.0870. The van der Waals surface area contributed by atoms with Crippen LogP contribution in [0.1, 0.15) is 5.56 Å². The Bertz CT molecular complexity index is 1090. The molecule has 0 aliphatic rings. The number of benzene rings is 3. The van der Waals surface area contributed by atoms with Crippen molar-refractivity contribution in [2.75, 3.05) is 5.73 Å². The summed E-state index contributed by atoms with van der Waals surface area (Å²) in [6, 6.07) is 24.1. The van der Waals surface area contributed by atoms with Crippen LogP contribution in [0.4, 0.5) is 5.69 Å². The molecule has 4 nitrogen and oxygen atoms in total. The van der Waals surface area contributed by atoms with E-state index in [9.17, 15) is 0 Å². The third-order valence-electron chi connectivity index (χ3n) is 4.64. The topological polar surface area (TPSA) is 53.1 Å². The van der Waals surface area contributed by atoms with Crippen molar-refractivity contribution in [3.63, 3.8) is 0 Å². The van der Waals surface area contributed by atoms with E-state index in [4.69, 9.17) is 10.5 Å². The predicted molar refractivity (Wildman–Crippen MR) is 117 cm³/mol. The molecule has 28 heavy (non-hydrogen) atoms. The summed E-state index contributed by atoms with van der Waals surface area (Å²) in [6.45, 7) is 0.496. The minimum Gasteiger partial charge on any atom is -0.488 e. The number of nitrogens with two attached hydrogens (primary N) is 1. The van der Waals surface area contributed by atoms with E-state index < -0.39 is 0 Å². The van der Waals surface area contributed by atoms with Crippen LogP contribution < -0.4 is 10.5 Å². The highest BCUT2D eigenvalue weighted by Crippen LogP contribution is 2.39. The van der Waals surface area contributed by atoms with Crippen molar-refractivity contribution in [1.82, 2.24) is 9.78 Å². The Morgan fingerprint density at radius 1 is 0.964 bits per heavy atom. The molecule has 0 saturated heterocycles. The number of hydrogen-bond acceptors (Lipinski definition) is 3. The number of nitrogen functional groups attached to an aromatic ring is 1. The van der Waals surface area contributed by atoms with Gasteiger partial charge in [-0.05, 0) is 45.3 Å². The number of aromatic nitrogens is 2. The van der Waals surface area contributed by atoms with Crippen molar-refractivity contribution in [3.8, 4) is 28.1 Å². The van der Waals surface area contributed by atoms with Crippen molar-refractivity contribution in [2.24, 2.45) is 7.05 Å². The van der Waals surface area contributed by atoms with Gasteiger partial charge in [0.25, 0.3) is 0 Å². The van der Waals surface area contributed by atoms with Crippen LogP contribution in [-0.4, -0.2) is 9.78 Å². The first-order valence-corrected chi connectivity index (χ1v) is 9.76. The normalized spacial score (nSPS) is 10.8. The second-order valence-electron chi connectivity index (χ2n) is 6.54. The standard InChI is InChI=1S/C23H20BrN3O/c1-27-23(20(24)14-26-27)19-13-17(18-9-5-6-10-21(18)25)11-12-22(19)28-15-16-7-3-2-4-8-16/h2-14H,15,25H2,1H3. The summed E-state index contributed by atoms with van der Waals surface area (Å²) in [5.74, 6) is 0.798. The molecule has 0 unspecified atom stereocenters. The van der Waals surface area contributed by atoms with Crippen molar-refractivity contribution in [1.29, 1.82) is 0 Å². The lowest BCUT2D eigenvalue weighted by Gasteiger charge is -2.15. The van der Waals surface area contributed by atoms with Gasteiger partial charge in [0.05, 0.1) is 16.4 Å². The van der Waals surface area contributed by atoms with E-state index in [0.717, 1.165) is 43.9 Å². The lowest BCUT2D eigenvalue weighted by atomic mass is 9.99. The quantitative estimate of drug-likeness (QED) is 0.412. The minimum atomic E-state index is 0.496. The zero-order valence-electron chi connectivity index (χ0n) is 15.5. The maximum Gasteiger partial charge on any atom is 0.129 e. The second kappa shape index (κ2) is 7.90. The van der Waals surface area contributed by atoms with Crippen molar-refractivity contribution < 1.29 is 4.74 Å². The average molecular weight is 434 g/mol. The molecule has 0 aliphatic heterocycles. The van der Waals surface area contributed by atoms with Crippen molar-refractivity contribution >= 4 is 21.6 Å². The molecule has 3 aromatic carbocycles. The molecule has 4 aromatic rings. The van der Waals surface area contributed by atoms with Crippen LogP contribution in [0.2, 0.25) is 0 Å². The van der Waals surface area contributed by atoms with Crippen LogP contribution in [0.3, 0.4) is 0 Å². The van der Waals surface area contributed by atoms with E-state index in [1.165, 1.54) is 0 Å². The van der Waals surface area contributed by atoms with Crippen LogP contribution in [0.5, 0.6) is 5.75 Å². The van der Waals surface area contributed by atoms with Gasteiger partial charge < -0.3 is 10.5 Å². The monoisotopic (exact) mass is 433 g/mol. The highest BCUT2D eigenvalue weighted by Gasteiger charge is 2.16. The van der Waals surface area contributed by atoms with Gasteiger partial charge in [-0.15, -0.1) is 0 Å². The molecule has 2 N–H and O–H groups in total. The van der Waals surface area contributed by atoms with Gasteiger partial charge in [-0.2, -0.15) is 5.10 Å². The summed E-state index contributed by atoms with van der Waals surface area (Å²) in [7, 11) is 1.92. The van der Waals surface area contributed by atoms with E-state index >= 15 is 0 Å². The Balaban J connectivity index is 1.78. The third kappa shape index (κ3) is 3.66. The Labute approximate surface area is 172 Å². The zero-order chi connectivity index (χ0) is 19.5. The fourth-order valence-electron chi connectivity index (χ4n) is 3.22. The number of rotatable bonds is 5. The minimum absolute atomic E-state index is 0.496. The highest BCUT2D eigenvalue weighted by molar-refractivity contribution is 9.10. The zero-order valence-corrected chi connectivity index (χ0v) is 17.1. The summed E-state index contributed by atoms with van der Waals surface area (Å²) in [5.41, 5.74) is 12.0. The molecule has 0 atom stereocenters. The first-order valence-electron chi connectivity index (χ1n) is 8.97. The number of ether oxygens (including phenoxy) is 1. The predicted octanol–water partition coefficient (Wildman–Crippen LogP) is 5.68. The molecular formula is C23H20BrN3O. The first kappa shape index (κ1) is 18.3. The first-order chi connectivity index (χ1) is 13.6. The van der Waals surface area contributed by atoms with Crippen LogP contribution in [0.15, 0.2) is 83.5 Å². The van der Waals surface area contributed by atoms with E-state index in [1.807, 2.05) is 66.3 Å². The third-order valence-corrected chi connectivity index (χ3v) is 5.22. The van der Waals surface area contributed by atoms with E-state index in [-0.39, 0.29) is 0 Å².